The van der Waals surface area contributed by atoms with Gasteiger partial charge in [0.1, 0.15) is 16.5 Å². The maximum Gasteiger partial charge on any atom is 0.300 e. The molecular formula is C9H10F2O3S. The molecule has 1 aromatic carbocycles. The summed E-state index contributed by atoms with van der Waals surface area (Å²) in [5.74, 6) is -1.86. The van der Waals surface area contributed by atoms with E-state index >= 15 is 0 Å². The highest BCUT2D eigenvalue weighted by atomic mass is 32.2. The zero-order chi connectivity index (χ0) is 11.6. The topological polar surface area (TPSA) is 43.4 Å². The highest BCUT2D eigenvalue weighted by Crippen LogP contribution is 2.19. The molecule has 0 aliphatic heterocycles. The largest absolute Gasteiger partial charge is 0.300 e. The second kappa shape index (κ2) is 4.24. The second-order valence-electron chi connectivity index (χ2n) is 3.17. The molecule has 0 spiro atoms. The molecule has 0 saturated carbocycles. The Kier molecular flexibility index (Phi) is 3.41. The van der Waals surface area contributed by atoms with Gasteiger partial charge in [-0.3, -0.25) is 4.18 Å². The van der Waals surface area contributed by atoms with Crippen LogP contribution < -0.4 is 0 Å². The lowest BCUT2D eigenvalue weighted by Gasteiger charge is -2.08. The molecule has 0 radical (unpaired) electrons. The maximum absolute atomic E-state index is 13.1. The predicted molar refractivity (Wildman–Crippen MR) is 49.8 cm³/mol. The summed E-state index contributed by atoms with van der Waals surface area (Å²) in [6.45, 7) is 2.96. The molecule has 0 aliphatic rings. The summed E-state index contributed by atoms with van der Waals surface area (Å²) in [4.78, 5) is -0.781. The highest BCUT2D eigenvalue weighted by Gasteiger charge is 2.22. The van der Waals surface area contributed by atoms with E-state index in [9.17, 15) is 17.2 Å². The van der Waals surface area contributed by atoms with Gasteiger partial charge in [0.05, 0.1) is 6.10 Å². The second-order valence-corrected chi connectivity index (χ2v) is 4.71. The lowest BCUT2D eigenvalue weighted by Crippen LogP contribution is -2.14. The normalized spacial score (nSPS) is 12.1. The van der Waals surface area contributed by atoms with E-state index in [0.717, 1.165) is 12.1 Å². The molecule has 0 heterocycles. The standard InChI is InChI=1S/C9H10F2O3S/c1-6(2)14-15(12,13)9-5-7(10)3-4-8(9)11/h3-6H,1-2H3. The molecule has 6 heteroatoms. The first kappa shape index (κ1) is 12.1. The van der Waals surface area contributed by atoms with E-state index in [1.807, 2.05) is 0 Å². The van der Waals surface area contributed by atoms with E-state index in [2.05, 4.69) is 4.18 Å². The van der Waals surface area contributed by atoms with E-state index in [-0.39, 0.29) is 0 Å². The molecule has 0 bridgehead atoms. The molecule has 0 aliphatic carbocycles. The van der Waals surface area contributed by atoms with E-state index in [4.69, 9.17) is 0 Å². The van der Waals surface area contributed by atoms with Crippen molar-refractivity contribution in [2.24, 2.45) is 0 Å². The van der Waals surface area contributed by atoms with Crippen LogP contribution in [-0.4, -0.2) is 14.5 Å². The summed E-state index contributed by atoms with van der Waals surface area (Å²) in [7, 11) is -4.23. The van der Waals surface area contributed by atoms with Gasteiger partial charge in [0.25, 0.3) is 10.1 Å². The van der Waals surface area contributed by atoms with Gasteiger partial charge in [-0.25, -0.2) is 8.78 Å². The molecular weight excluding hydrogens is 226 g/mol. The lowest BCUT2D eigenvalue weighted by molar-refractivity contribution is 0.247. The lowest BCUT2D eigenvalue weighted by atomic mass is 10.3. The minimum absolute atomic E-state index is 0.590. The van der Waals surface area contributed by atoms with Crippen LogP contribution in [-0.2, 0) is 14.3 Å². The summed E-state index contributed by atoms with van der Waals surface area (Å²) in [5.41, 5.74) is 0. The molecule has 0 saturated heterocycles. The van der Waals surface area contributed by atoms with Gasteiger partial charge >= 0.3 is 0 Å². The summed E-state index contributed by atoms with van der Waals surface area (Å²) in [6.07, 6.45) is -0.627. The van der Waals surface area contributed by atoms with Crippen molar-refractivity contribution in [1.29, 1.82) is 0 Å². The van der Waals surface area contributed by atoms with Gasteiger partial charge in [0.15, 0.2) is 0 Å². The number of benzene rings is 1. The first-order valence-corrected chi connectivity index (χ1v) is 5.62. The van der Waals surface area contributed by atoms with Gasteiger partial charge in [0, 0.05) is 0 Å². The first-order valence-electron chi connectivity index (χ1n) is 4.21. The molecule has 0 atom stereocenters. The fraction of sp³-hybridized carbons (Fsp3) is 0.333. The molecule has 1 aromatic rings. The van der Waals surface area contributed by atoms with E-state index in [1.165, 1.54) is 13.8 Å². The molecule has 1 rings (SSSR count). The summed E-state index contributed by atoms with van der Waals surface area (Å²) < 4.78 is 53.1. The monoisotopic (exact) mass is 236 g/mol. The molecule has 3 nitrogen and oxygen atoms in total. The summed E-state index contributed by atoms with van der Waals surface area (Å²) in [5, 5.41) is 0. The summed E-state index contributed by atoms with van der Waals surface area (Å²) >= 11 is 0. The van der Waals surface area contributed by atoms with Gasteiger partial charge in [0.2, 0.25) is 0 Å². The molecule has 0 amide bonds. The van der Waals surface area contributed by atoms with Gasteiger partial charge in [-0.1, -0.05) is 0 Å². The quantitative estimate of drug-likeness (QED) is 0.755. The van der Waals surface area contributed by atoms with E-state index in [1.54, 1.807) is 0 Å². The van der Waals surface area contributed by atoms with Crippen LogP contribution in [0.2, 0.25) is 0 Å². The molecule has 84 valence electrons. The number of hydrogen-bond acceptors (Lipinski definition) is 3. The summed E-state index contributed by atoms with van der Waals surface area (Å²) in [6, 6.07) is 2.17. The minimum atomic E-state index is -4.23. The van der Waals surface area contributed by atoms with Gasteiger partial charge in [-0.05, 0) is 32.0 Å². The number of hydrogen-bond donors (Lipinski definition) is 0. The Balaban J connectivity index is 3.21. The Morgan fingerprint density at radius 2 is 1.87 bits per heavy atom. The smallest absolute Gasteiger partial charge is 0.264 e. The zero-order valence-corrected chi connectivity index (χ0v) is 9.01. The third-order valence-corrected chi connectivity index (χ3v) is 2.97. The molecule has 15 heavy (non-hydrogen) atoms. The fourth-order valence-corrected chi connectivity index (χ4v) is 2.15. The molecule has 0 unspecified atom stereocenters. The van der Waals surface area contributed by atoms with Crippen molar-refractivity contribution in [3.05, 3.63) is 29.8 Å². The Labute approximate surface area is 86.8 Å². The highest BCUT2D eigenvalue weighted by molar-refractivity contribution is 7.86. The van der Waals surface area contributed by atoms with Gasteiger partial charge in [-0.15, -0.1) is 0 Å². The fourth-order valence-electron chi connectivity index (χ4n) is 0.974. The first-order chi connectivity index (χ1) is 6.83. The van der Waals surface area contributed by atoms with Crippen molar-refractivity contribution in [3.63, 3.8) is 0 Å². The van der Waals surface area contributed by atoms with Crippen molar-refractivity contribution >= 4 is 10.1 Å². The van der Waals surface area contributed by atoms with Crippen molar-refractivity contribution in [2.45, 2.75) is 24.8 Å². The minimum Gasteiger partial charge on any atom is -0.264 e. The van der Waals surface area contributed by atoms with Crippen molar-refractivity contribution in [3.8, 4) is 0 Å². The Morgan fingerprint density at radius 1 is 1.27 bits per heavy atom. The van der Waals surface area contributed by atoms with Gasteiger partial charge < -0.3 is 0 Å². The zero-order valence-electron chi connectivity index (χ0n) is 8.20. The number of rotatable bonds is 3. The molecule has 0 N–H and O–H groups in total. The van der Waals surface area contributed by atoms with Crippen molar-refractivity contribution in [1.82, 2.24) is 0 Å². The van der Waals surface area contributed by atoms with Crippen LogP contribution in [0, 0.1) is 11.6 Å². The van der Waals surface area contributed by atoms with Crippen LogP contribution in [0.3, 0.4) is 0 Å². The third kappa shape index (κ3) is 2.97. The van der Waals surface area contributed by atoms with Crippen molar-refractivity contribution < 1.29 is 21.4 Å². The molecule has 0 aromatic heterocycles. The van der Waals surface area contributed by atoms with Crippen LogP contribution in [0.1, 0.15) is 13.8 Å². The van der Waals surface area contributed by atoms with Crippen LogP contribution in [0.4, 0.5) is 8.78 Å². The van der Waals surface area contributed by atoms with E-state index < -0.39 is 32.8 Å². The Hall–Kier alpha value is -1.01. The Morgan fingerprint density at radius 3 is 2.40 bits per heavy atom. The van der Waals surface area contributed by atoms with Crippen molar-refractivity contribution in [2.75, 3.05) is 0 Å². The average molecular weight is 236 g/mol. The van der Waals surface area contributed by atoms with Crippen LogP contribution in [0.25, 0.3) is 0 Å². The van der Waals surface area contributed by atoms with Crippen LogP contribution in [0.5, 0.6) is 0 Å². The molecule has 0 fully saturated rings. The third-order valence-electron chi connectivity index (χ3n) is 1.48. The average Bonchev–Trinajstić information content (AvgIpc) is 2.06. The SMILES string of the molecule is CC(C)OS(=O)(=O)c1cc(F)ccc1F. The predicted octanol–water partition coefficient (Wildman–Crippen LogP) is 2.08. The maximum atomic E-state index is 13.1. The van der Waals surface area contributed by atoms with Crippen LogP contribution in [0.15, 0.2) is 23.1 Å². The van der Waals surface area contributed by atoms with Gasteiger partial charge in [-0.2, -0.15) is 8.42 Å². The van der Waals surface area contributed by atoms with Crippen LogP contribution >= 0.6 is 0 Å². The number of halogens is 2. The van der Waals surface area contributed by atoms with E-state index in [0.29, 0.717) is 6.07 Å². The Bertz CT molecular complexity index is 454.